The molecule has 0 radical (unpaired) electrons. The number of nitrogens with zero attached hydrogens (tertiary/aromatic N) is 1. The minimum absolute atomic E-state index is 0.700. The fraction of sp³-hybridized carbons (Fsp3) is 0.667. The number of halogens is 1. The summed E-state index contributed by atoms with van der Waals surface area (Å²) in [6.07, 6.45) is 3.89. The van der Waals surface area contributed by atoms with Crippen LogP contribution < -0.4 is 5.32 Å². The van der Waals surface area contributed by atoms with Crippen LogP contribution in [0.15, 0.2) is 24.3 Å². The van der Waals surface area contributed by atoms with E-state index in [0.29, 0.717) is 18.0 Å². The second-order valence-corrected chi connectivity index (χ2v) is 7.51. The van der Waals surface area contributed by atoms with Crippen LogP contribution in [-0.4, -0.2) is 36.6 Å². The van der Waals surface area contributed by atoms with E-state index in [1.165, 1.54) is 44.5 Å². The van der Waals surface area contributed by atoms with Gasteiger partial charge in [-0.3, -0.25) is 0 Å². The van der Waals surface area contributed by atoms with Crippen molar-refractivity contribution < 1.29 is 0 Å². The second-order valence-electron chi connectivity index (χ2n) is 7.07. The van der Waals surface area contributed by atoms with Gasteiger partial charge in [-0.1, -0.05) is 23.7 Å². The van der Waals surface area contributed by atoms with Crippen molar-refractivity contribution in [2.75, 3.05) is 19.6 Å². The Bertz CT molecular complexity index is 468. The first kappa shape index (κ1) is 15.3. The Kier molecular flexibility index (Phi) is 4.88. The molecule has 3 heteroatoms. The molecular weight excluding hydrogens is 280 g/mol. The van der Waals surface area contributed by atoms with Gasteiger partial charge in [0.05, 0.1) is 0 Å². The van der Waals surface area contributed by atoms with Crippen LogP contribution in [0.1, 0.15) is 44.6 Å². The van der Waals surface area contributed by atoms with Crippen LogP contribution in [0.2, 0.25) is 5.02 Å². The van der Waals surface area contributed by atoms with E-state index in [1.807, 2.05) is 6.07 Å². The summed E-state index contributed by atoms with van der Waals surface area (Å²) in [5.41, 5.74) is 1.41. The Balaban J connectivity index is 1.38. The lowest BCUT2D eigenvalue weighted by atomic mass is 9.76. The summed E-state index contributed by atoms with van der Waals surface area (Å²) < 4.78 is 0. The average Bonchev–Trinajstić information content (AvgIpc) is 2.86. The number of hydrogen-bond donors (Lipinski definition) is 1. The van der Waals surface area contributed by atoms with Crippen molar-refractivity contribution in [1.29, 1.82) is 0 Å². The Morgan fingerprint density at radius 1 is 1.33 bits per heavy atom. The number of rotatable bonds is 5. The predicted octanol–water partition coefficient (Wildman–Crippen LogP) is 3.91. The highest BCUT2D eigenvalue weighted by Gasteiger charge is 2.31. The van der Waals surface area contributed by atoms with Gasteiger partial charge in [-0.15, -0.1) is 0 Å². The third-order valence-electron chi connectivity index (χ3n) is 5.20. The van der Waals surface area contributed by atoms with Crippen LogP contribution in [0.25, 0.3) is 0 Å². The lowest BCUT2D eigenvalue weighted by molar-refractivity contribution is 0.250. The largest absolute Gasteiger partial charge is 0.314 e. The van der Waals surface area contributed by atoms with E-state index in [9.17, 15) is 0 Å². The zero-order valence-corrected chi connectivity index (χ0v) is 13.9. The highest BCUT2D eigenvalue weighted by molar-refractivity contribution is 6.30. The predicted molar refractivity (Wildman–Crippen MR) is 90.0 cm³/mol. The minimum Gasteiger partial charge on any atom is -0.314 e. The molecule has 1 aliphatic carbocycles. The minimum atomic E-state index is 0.700. The summed E-state index contributed by atoms with van der Waals surface area (Å²) in [4.78, 5) is 2.60. The van der Waals surface area contributed by atoms with E-state index >= 15 is 0 Å². The monoisotopic (exact) mass is 306 g/mol. The van der Waals surface area contributed by atoms with Gasteiger partial charge in [-0.05, 0) is 75.7 Å². The molecule has 116 valence electrons. The molecule has 1 saturated carbocycles. The molecule has 1 unspecified atom stereocenters. The van der Waals surface area contributed by atoms with E-state index in [2.05, 4.69) is 42.3 Å². The fourth-order valence-corrected chi connectivity index (χ4v) is 3.85. The molecule has 1 heterocycles. The molecule has 0 aromatic heterocycles. The van der Waals surface area contributed by atoms with Crippen LogP contribution in [0.5, 0.6) is 0 Å². The maximum atomic E-state index is 6.07. The van der Waals surface area contributed by atoms with Crippen molar-refractivity contribution >= 4 is 11.6 Å². The molecule has 0 amide bonds. The normalized spacial score (nSPS) is 29.8. The second kappa shape index (κ2) is 6.68. The molecule has 0 spiro atoms. The van der Waals surface area contributed by atoms with Gasteiger partial charge >= 0.3 is 0 Å². The topological polar surface area (TPSA) is 15.3 Å². The first-order valence-corrected chi connectivity index (χ1v) is 8.72. The third-order valence-corrected chi connectivity index (χ3v) is 5.44. The highest BCUT2D eigenvalue weighted by atomic mass is 35.5. The van der Waals surface area contributed by atoms with Crippen molar-refractivity contribution in [3.05, 3.63) is 34.9 Å². The van der Waals surface area contributed by atoms with E-state index < -0.39 is 0 Å². The maximum absolute atomic E-state index is 6.07. The van der Waals surface area contributed by atoms with E-state index in [-0.39, 0.29) is 0 Å². The van der Waals surface area contributed by atoms with E-state index in [1.54, 1.807) is 0 Å². The van der Waals surface area contributed by atoms with Gasteiger partial charge in [0.1, 0.15) is 0 Å². The summed E-state index contributed by atoms with van der Waals surface area (Å²) in [5.74, 6) is 1.55. The SMILES string of the molecule is CC(C)N1CCC(CNC2CC(c3cccc(Cl)c3)C2)C1. The zero-order valence-electron chi connectivity index (χ0n) is 13.2. The van der Waals surface area contributed by atoms with Crippen LogP contribution in [0.4, 0.5) is 0 Å². The molecule has 2 aliphatic rings. The number of nitrogens with one attached hydrogen (secondary N) is 1. The maximum Gasteiger partial charge on any atom is 0.0408 e. The van der Waals surface area contributed by atoms with Gasteiger partial charge < -0.3 is 10.2 Å². The average molecular weight is 307 g/mol. The van der Waals surface area contributed by atoms with E-state index in [0.717, 1.165) is 10.9 Å². The van der Waals surface area contributed by atoms with Crippen molar-refractivity contribution in [2.45, 2.75) is 51.1 Å². The van der Waals surface area contributed by atoms with Crippen molar-refractivity contribution in [2.24, 2.45) is 5.92 Å². The molecular formula is C18H27ClN2. The molecule has 3 rings (SSSR count). The zero-order chi connectivity index (χ0) is 14.8. The number of likely N-dealkylation sites (tertiary alicyclic amines) is 1. The van der Waals surface area contributed by atoms with Crippen LogP contribution >= 0.6 is 11.6 Å². The van der Waals surface area contributed by atoms with Gasteiger partial charge in [0, 0.05) is 23.7 Å². The van der Waals surface area contributed by atoms with Gasteiger partial charge in [0.15, 0.2) is 0 Å². The quantitative estimate of drug-likeness (QED) is 0.887. The van der Waals surface area contributed by atoms with Crippen LogP contribution in [0, 0.1) is 5.92 Å². The van der Waals surface area contributed by atoms with Crippen LogP contribution in [0.3, 0.4) is 0 Å². The fourth-order valence-electron chi connectivity index (χ4n) is 3.65. The summed E-state index contributed by atoms with van der Waals surface area (Å²) in [5, 5.41) is 4.64. The number of hydrogen-bond acceptors (Lipinski definition) is 2. The smallest absolute Gasteiger partial charge is 0.0408 e. The Hall–Kier alpha value is -0.570. The first-order chi connectivity index (χ1) is 10.1. The lowest BCUT2D eigenvalue weighted by Crippen LogP contribution is -2.42. The molecule has 1 aromatic carbocycles. The molecule has 1 aliphatic heterocycles. The third kappa shape index (κ3) is 3.80. The van der Waals surface area contributed by atoms with Gasteiger partial charge in [0.2, 0.25) is 0 Å². The lowest BCUT2D eigenvalue weighted by Gasteiger charge is -2.37. The Labute approximate surface area is 133 Å². The molecule has 2 fully saturated rings. The van der Waals surface area contributed by atoms with Crippen molar-refractivity contribution in [3.8, 4) is 0 Å². The van der Waals surface area contributed by atoms with Gasteiger partial charge in [-0.25, -0.2) is 0 Å². The molecule has 21 heavy (non-hydrogen) atoms. The molecule has 0 bridgehead atoms. The summed E-state index contributed by atoms with van der Waals surface area (Å²) >= 11 is 6.07. The molecule has 1 N–H and O–H groups in total. The van der Waals surface area contributed by atoms with Crippen molar-refractivity contribution in [3.63, 3.8) is 0 Å². The number of benzene rings is 1. The van der Waals surface area contributed by atoms with Gasteiger partial charge in [0.25, 0.3) is 0 Å². The molecule has 1 saturated heterocycles. The summed E-state index contributed by atoms with van der Waals surface area (Å²) in [6, 6.07) is 9.77. The summed E-state index contributed by atoms with van der Waals surface area (Å²) in [7, 11) is 0. The first-order valence-electron chi connectivity index (χ1n) is 8.34. The van der Waals surface area contributed by atoms with E-state index in [4.69, 9.17) is 11.6 Å². The van der Waals surface area contributed by atoms with Gasteiger partial charge in [-0.2, -0.15) is 0 Å². The molecule has 2 nitrogen and oxygen atoms in total. The van der Waals surface area contributed by atoms with Crippen LogP contribution in [-0.2, 0) is 0 Å². The summed E-state index contributed by atoms with van der Waals surface area (Å²) in [6.45, 7) is 8.35. The Morgan fingerprint density at radius 3 is 2.81 bits per heavy atom. The Morgan fingerprint density at radius 2 is 2.14 bits per heavy atom. The standard InChI is InChI=1S/C18H27ClN2/c1-13(2)21-7-6-14(12-21)11-20-18-9-16(10-18)15-4-3-5-17(19)8-15/h3-5,8,13-14,16,18,20H,6-7,9-12H2,1-2H3. The molecule has 1 atom stereocenters. The highest BCUT2D eigenvalue weighted by Crippen LogP contribution is 2.37. The van der Waals surface area contributed by atoms with Crippen molar-refractivity contribution in [1.82, 2.24) is 10.2 Å². The molecule has 1 aromatic rings.